The van der Waals surface area contributed by atoms with Crippen molar-refractivity contribution in [1.29, 1.82) is 0 Å². The van der Waals surface area contributed by atoms with Crippen LogP contribution in [-0.2, 0) is 23.0 Å². The predicted octanol–water partition coefficient (Wildman–Crippen LogP) is 3.15. The second-order valence-electron chi connectivity index (χ2n) is 9.05. The van der Waals surface area contributed by atoms with E-state index in [9.17, 15) is 4.79 Å². The number of nitrogens with one attached hydrogen (secondary N) is 1. The lowest BCUT2D eigenvalue weighted by atomic mass is 10.0. The molecule has 1 saturated heterocycles. The molecule has 7 heteroatoms. The van der Waals surface area contributed by atoms with Gasteiger partial charge in [0.05, 0.1) is 6.20 Å². The first kappa shape index (κ1) is 23.2. The minimum absolute atomic E-state index is 0.0918. The van der Waals surface area contributed by atoms with Crippen molar-refractivity contribution in [2.45, 2.75) is 71.3 Å². The fourth-order valence-corrected chi connectivity index (χ4v) is 3.78. The Hall–Kier alpha value is -2.05. The molecule has 1 fully saturated rings. The van der Waals surface area contributed by atoms with Crippen LogP contribution in [0.1, 0.15) is 64.9 Å². The summed E-state index contributed by atoms with van der Waals surface area (Å²) in [7, 11) is 3.82. The van der Waals surface area contributed by atoms with Gasteiger partial charge in [0.25, 0.3) is 0 Å². The van der Waals surface area contributed by atoms with Crippen LogP contribution in [0.3, 0.4) is 0 Å². The quantitative estimate of drug-likeness (QED) is 0.296. The Morgan fingerprint density at radius 2 is 2.07 bits per heavy atom. The van der Waals surface area contributed by atoms with Gasteiger partial charge in [0.1, 0.15) is 5.60 Å². The molecule has 1 atom stereocenters. The van der Waals surface area contributed by atoms with Crippen molar-refractivity contribution in [2.75, 3.05) is 26.7 Å². The fraction of sp³-hybridized carbons (Fsp3) is 0.773. The molecule has 1 N–H and O–H groups in total. The zero-order chi connectivity index (χ0) is 21.3. The van der Waals surface area contributed by atoms with E-state index in [2.05, 4.69) is 26.5 Å². The van der Waals surface area contributed by atoms with Gasteiger partial charge in [0, 0.05) is 46.3 Å². The van der Waals surface area contributed by atoms with Crippen molar-refractivity contribution >= 4 is 11.9 Å². The number of carbonyl (C=O) groups is 1. The highest BCUT2D eigenvalue weighted by Gasteiger charge is 2.25. The molecule has 0 saturated carbocycles. The molecule has 7 nitrogen and oxygen atoms in total. The van der Waals surface area contributed by atoms with Crippen LogP contribution in [0.2, 0.25) is 0 Å². The van der Waals surface area contributed by atoms with E-state index in [4.69, 9.17) is 4.74 Å². The summed E-state index contributed by atoms with van der Waals surface area (Å²) in [5, 5.41) is 7.76. The summed E-state index contributed by atoms with van der Waals surface area (Å²) < 4.78 is 7.21. The van der Waals surface area contributed by atoms with Crippen molar-refractivity contribution < 1.29 is 9.53 Å². The molecule has 164 valence electrons. The molecule has 0 aliphatic carbocycles. The molecule has 2 heterocycles. The number of carbonyl (C=O) groups excluding carboxylic acids is 1. The van der Waals surface area contributed by atoms with Gasteiger partial charge in [0.15, 0.2) is 5.96 Å². The summed E-state index contributed by atoms with van der Waals surface area (Å²) in [6.45, 7) is 8.74. The molecule has 1 aromatic heterocycles. The average molecular weight is 406 g/mol. The second-order valence-corrected chi connectivity index (χ2v) is 9.05. The molecule has 2 rings (SSSR count). The third-order valence-corrected chi connectivity index (χ3v) is 5.09. The van der Waals surface area contributed by atoms with E-state index in [1.807, 2.05) is 45.7 Å². The largest absolute Gasteiger partial charge is 0.460 e. The lowest BCUT2D eigenvalue weighted by Crippen LogP contribution is -2.40. The summed E-state index contributed by atoms with van der Waals surface area (Å²) >= 11 is 0. The number of aryl methyl sites for hydroxylation is 1. The van der Waals surface area contributed by atoms with Crippen molar-refractivity contribution in [3.8, 4) is 0 Å². The maximum atomic E-state index is 11.7. The van der Waals surface area contributed by atoms with Crippen molar-refractivity contribution in [3.05, 3.63) is 18.0 Å². The summed E-state index contributed by atoms with van der Waals surface area (Å²) in [4.78, 5) is 18.5. The predicted molar refractivity (Wildman–Crippen MR) is 117 cm³/mol. The van der Waals surface area contributed by atoms with E-state index < -0.39 is 0 Å². The first-order chi connectivity index (χ1) is 13.8. The van der Waals surface area contributed by atoms with Crippen LogP contribution in [0.4, 0.5) is 0 Å². The van der Waals surface area contributed by atoms with Crippen LogP contribution < -0.4 is 5.32 Å². The number of aliphatic imine (C=N–C) groups is 1. The number of likely N-dealkylation sites (tertiary alicyclic amines) is 1. The molecule has 1 aliphatic heterocycles. The Morgan fingerprint density at radius 3 is 2.72 bits per heavy atom. The van der Waals surface area contributed by atoms with Crippen LogP contribution in [0, 0.1) is 5.92 Å². The molecule has 0 bridgehead atoms. The molecule has 0 aromatic carbocycles. The maximum absolute atomic E-state index is 11.7. The number of aromatic nitrogens is 2. The van der Waals surface area contributed by atoms with Gasteiger partial charge in [-0.25, -0.2) is 0 Å². The first-order valence-corrected chi connectivity index (χ1v) is 10.9. The van der Waals surface area contributed by atoms with Gasteiger partial charge in [-0.05, 0) is 57.9 Å². The third-order valence-electron chi connectivity index (χ3n) is 5.09. The lowest BCUT2D eigenvalue weighted by Gasteiger charge is -2.21. The van der Waals surface area contributed by atoms with E-state index in [1.54, 1.807) is 0 Å². The molecule has 1 unspecified atom stereocenters. The Morgan fingerprint density at radius 1 is 1.31 bits per heavy atom. The summed E-state index contributed by atoms with van der Waals surface area (Å²) in [6.07, 6.45) is 11.0. The van der Waals surface area contributed by atoms with Crippen LogP contribution >= 0.6 is 0 Å². The normalized spacial score (nSPS) is 17.6. The van der Waals surface area contributed by atoms with Gasteiger partial charge in [-0.15, -0.1) is 0 Å². The van der Waals surface area contributed by atoms with Gasteiger partial charge in [0.2, 0.25) is 0 Å². The summed E-state index contributed by atoms with van der Waals surface area (Å²) in [5.74, 6) is 1.57. The van der Waals surface area contributed by atoms with Crippen molar-refractivity contribution in [2.24, 2.45) is 18.0 Å². The van der Waals surface area contributed by atoms with Gasteiger partial charge in [-0.3, -0.25) is 14.5 Å². The van der Waals surface area contributed by atoms with E-state index in [0.717, 1.165) is 57.7 Å². The van der Waals surface area contributed by atoms with Crippen molar-refractivity contribution in [1.82, 2.24) is 20.0 Å². The molecule has 29 heavy (non-hydrogen) atoms. The third kappa shape index (κ3) is 8.88. The van der Waals surface area contributed by atoms with E-state index in [1.165, 1.54) is 12.0 Å². The Bertz CT molecular complexity index is 662. The van der Waals surface area contributed by atoms with E-state index in [-0.39, 0.29) is 11.6 Å². The van der Waals surface area contributed by atoms with E-state index in [0.29, 0.717) is 12.3 Å². The highest BCUT2D eigenvalue weighted by atomic mass is 16.6. The molecule has 1 aliphatic rings. The highest BCUT2D eigenvalue weighted by molar-refractivity contribution is 5.80. The number of guanidine groups is 1. The molecular weight excluding hydrogens is 366 g/mol. The number of hydrogen-bond acceptors (Lipinski definition) is 4. The molecule has 1 aromatic rings. The monoisotopic (exact) mass is 405 g/mol. The van der Waals surface area contributed by atoms with Crippen LogP contribution in [0.5, 0.6) is 0 Å². The minimum atomic E-state index is -0.385. The smallest absolute Gasteiger partial charge is 0.306 e. The van der Waals surface area contributed by atoms with Gasteiger partial charge in [-0.2, -0.15) is 5.10 Å². The zero-order valence-electron chi connectivity index (χ0n) is 18.9. The maximum Gasteiger partial charge on any atom is 0.306 e. The van der Waals surface area contributed by atoms with Crippen LogP contribution in [0.15, 0.2) is 17.4 Å². The Balaban J connectivity index is 1.57. The number of unbranched alkanes of at least 4 members (excludes halogenated alkanes) is 3. The molecular formula is C22H39N5O2. The van der Waals surface area contributed by atoms with E-state index >= 15 is 0 Å². The standard InChI is InChI=1S/C22H39N5O2/c1-22(2,3)29-20(28)10-8-6-7-9-12-24-21(23-4)27-13-11-18(17-27)14-19-15-25-26(5)16-19/h15-16,18H,6-14,17H2,1-5H3,(H,23,24). The first-order valence-electron chi connectivity index (χ1n) is 10.9. The average Bonchev–Trinajstić information content (AvgIpc) is 3.25. The van der Waals surface area contributed by atoms with Crippen LogP contribution in [-0.4, -0.2) is 58.9 Å². The number of nitrogens with zero attached hydrogens (tertiary/aromatic N) is 4. The SMILES string of the molecule is CN=C(NCCCCCCC(=O)OC(C)(C)C)N1CCC(Cc2cnn(C)c2)C1. The van der Waals surface area contributed by atoms with Gasteiger partial charge >= 0.3 is 5.97 Å². The number of esters is 1. The molecule has 0 amide bonds. The zero-order valence-corrected chi connectivity index (χ0v) is 18.9. The molecule has 0 radical (unpaired) electrons. The number of hydrogen-bond donors (Lipinski definition) is 1. The number of ether oxygens (including phenoxy) is 1. The van der Waals surface area contributed by atoms with Crippen LogP contribution in [0.25, 0.3) is 0 Å². The van der Waals surface area contributed by atoms with Crippen molar-refractivity contribution in [3.63, 3.8) is 0 Å². The summed E-state index contributed by atoms with van der Waals surface area (Å²) in [6, 6.07) is 0. The Kier molecular flexibility index (Phi) is 8.99. The minimum Gasteiger partial charge on any atom is -0.460 e. The second kappa shape index (κ2) is 11.2. The topological polar surface area (TPSA) is 71.8 Å². The highest BCUT2D eigenvalue weighted by Crippen LogP contribution is 2.20. The van der Waals surface area contributed by atoms with Gasteiger partial charge < -0.3 is 15.0 Å². The lowest BCUT2D eigenvalue weighted by molar-refractivity contribution is -0.154. The summed E-state index contributed by atoms with van der Waals surface area (Å²) in [5.41, 5.74) is 0.928. The van der Waals surface area contributed by atoms with Gasteiger partial charge in [-0.1, -0.05) is 12.8 Å². The fourth-order valence-electron chi connectivity index (χ4n) is 3.78. The Labute approximate surface area is 175 Å². The molecule has 0 spiro atoms. The number of rotatable bonds is 9.